The molecule has 3 rings (SSSR count). The van der Waals surface area contributed by atoms with Crippen LogP contribution in [0.15, 0.2) is 0 Å². The number of carbonyl (C=O) groups excluding carboxylic acids is 3. The molecular weight excluding hydrogens is 377 g/mol. The summed E-state index contributed by atoms with van der Waals surface area (Å²) in [5.41, 5.74) is -1.83. The van der Waals surface area contributed by atoms with Gasteiger partial charge in [-0.3, -0.25) is 0 Å². The van der Waals surface area contributed by atoms with Crippen LogP contribution in [-0.2, 0) is 22.8 Å². The second-order valence-corrected chi connectivity index (χ2v) is 6.49. The molecule has 7 heteroatoms. The molecule has 0 N–H and O–H groups in total. The van der Waals surface area contributed by atoms with E-state index in [1.54, 1.807) is 0 Å². The van der Waals surface area contributed by atoms with Crippen LogP contribution < -0.4 is 0 Å². The van der Waals surface area contributed by atoms with E-state index in [0.717, 1.165) is 0 Å². The standard InChI is InChI=1S/C6H8O6.Bi/c1-2-6(3(7)8,4(9)10)5(11)12;/h2H2,1H3,(H,7,8)(H,9,10)(H,11,12);/q;+3/p-3. The number of fused-ring (bicyclic) bond motifs is 3. The van der Waals surface area contributed by atoms with Crippen molar-refractivity contribution in [2.75, 3.05) is 0 Å². The van der Waals surface area contributed by atoms with Crippen LogP contribution in [-0.4, -0.2) is 41.0 Å². The average Bonchev–Trinajstić information content (AvgIpc) is 2.03. The van der Waals surface area contributed by atoms with E-state index in [2.05, 4.69) is 0 Å². The van der Waals surface area contributed by atoms with Crippen molar-refractivity contribution in [2.45, 2.75) is 13.3 Å². The van der Waals surface area contributed by atoms with E-state index in [4.69, 9.17) is 8.44 Å². The molecule has 0 amide bonds. The number of hydrogen-bond donors (Lipinski definition) is 0. The summed E-state index contributed by atoms with van der Waals surface area (Å²) >= 11 is -3.44. The zero-order chi connectivity index (χ0) is 9.64. The van der Waals surface area contributed by atoms with Gasteiger partial charge in [-0.25, -0.2) is 0 Å². The van der Waals surface area contributed by atoms with E-state index in [0.29, 0.717) is 0 Å². The summed E-state index contributed by atoms with van der Waals surface area (Å²) in [4.78, 5) is 33.8. The first-order valence-electron chi connectivity index (χ1n) is 3.58. The monoisotopic (exact) mass is 382 g/mol. The summed E-state index contributed by atoms with van der Waals surface area (Å²) in [5, 5.41) is 0. The molecule has 13 heavy (non-hydrogen) atoms. The second kappa shape index (κ2) is 2.64. The molecule has 0 aliphatic carbocycles. The summed E-state index contributed by atoms with van der Waals surface area (Å²) in [6, 6.07) is 0. The minimum atomic E-state index is -3.44. The molecule has 3 aliphatic heterocycles. The Morgan fingerprint density at radius 2 is 1.46 bits per heavy atom. The van der Waals surface area contributed by atoms with Gasteiger partial charge in [-0.1, -0.05) is 0 Å². The Labute approximate surface area is 82.7 Å². The number of hydrogen-bond acceptors (Lipinski definition) is 6. The fourth-order valence-electron chi connectivity index (χ4n) is 1.18. The maximum atomic E-state index is 11.3. The van der Waals surface area contributed by atoms with E-state index in [1.807, 2.05) is 0 Å². The normalized spacial score (nSPS) is 25.2. The number of rotatable bonds is 1. The van der Waals surface area contributed by atoms with E-state index in [9.17, 15) is 14.4 Å². The first-order chi connectivity index (χ1) is 6.11. The van der Waals surface area contributed by atoms with Crippen LogP contribution in [0.4, 0.5) is 0 Å². The molecule has 0 aromatic rings. The maximum absolute atomic E-state index is 11.3. The summed E-state index contributed by atoms with van der Waals surface area (Å²) < 4.78 is 14.1. The molecule has 6 nitrogen and oxygen atoms in total. The van der Waals surface area contributed by atoms with E-state index < -0.39 is 46.4 Å². The second-order valence-electron chi connectivity index (χ2n) is 2.62. The molecule has 0 unspecified atom stereocenters. The Balaban J connectivity index is 2.50. The van der Waals surface area contributed by atoms with Gasteiger partial charge in [0, 0.05) is 0 Å². The molecule has 0 aromatic carbocycles. The van der Waals surface area contributed by atoms with Gasteiger partial charge in [0.15, 0.2) is 0 Å². The third-order valence-electron chi connectivity index (χ3n) is 2.05. The van der Waals surface area contributed by atoms with Crippen molar-refractivity contribution in [2.24, 2.45) is 5.41 Å². The van der Waals surface area contributed by atoms with Gasteiger partial charge in [0.25, 0.3) is 0 Å². The summed E-state index contributed by atoms with van der Waals surface area (Å²) in [7, 11) is 0. The van der Waals surface area contributed by atoms with Gasteiger partial charge in [0.2, 0.25) is 0 Å². The van der Waals surface area contributed by atoms with Crippen molar-refractivity contribution >= 4 is 41.0 Å². The first kappa shape index (κ1) is 8.87. The van der Waals surface area contributed by atoms with Crippen molar-refractivity contribution in [3.63, 3.8) is 0 Å². The van der Waals surface area contributed by atoms with E-state index in [-0.39, 0.29) is 6.42 Å². The van der Waals surface area contributed by atoms with Gasteiger partial charge in [-0.05, 0) is 0 Å². The molecule has 0 radical (unpaired) electrons. The van der Waals surface area contributed by atoms with Gasteiger partial charge in [-0.15, -0.1) is 0 Å². The fourth-order valence-corrected chi connectivity index (χ4v) is 5.01. The van der Waals surface area contributed by atoms with Crippen LogP contribution >= 0.6 is 0 Å². The summed E-state index contributed by atoms with van der Waals surface area (Å²) in [6.45, 7) is 1.53. The predicted molar refractivity (Wildman–Crippen MR) is 36.8 cm³/mol. The predicted octanol–water partition coefficient (Wildman–Crippen LogP) is -0.976. The van der Waals surface area contributed by atoms with Crippen LogP contribution in [0, 0.1) is 5.41 Å². The molecule has 0 saturated carbocycles. The van der Waals surface area contributed by atoms with Crippen molar-refractivity contribution in [3.8, 4) is 0 Å². The Morgan fingerprint density at radius 1 is 1.08 bits per heavy atom. The zero-order valence-electron chi connectivity index (χ0n) is 6.60. The SMILES string of the molecule is CCC12C(=O)[O][Bi]([O]C1=O)[O]C2=O. The fraction of sp³-hybridized carbons (Fsp3) is 0.500. The topological polar surface area (TPSA) is 78.9 Å². The molecule has 3 fully saturated rings. The van der Waals surface area contributed by atoms with Crippen LogP contribution in [0.5, 0.6) is 0 Å². The average molecular weight is 382 g/mol. The molecule has 0 aromatic heterocycles. The molecule has 2 bridgehead atoms. The molecule has 3 saturated heterocycles. The molecule has 3 heterocycles. The first-order valence-corrected chi connectivity index (χ1v) is 7.84. The van der Waals surface area contributed by atoms with Crippen molar-refractivity contribution < 1.29 is 22.8 Å². The summed E-state index contributed by atoms with van der Waals surface area (Å²) in [5.74, 6) is -2.37. The third-order valence-corrected chi connectivity index (χ3v) is 5.72. The molecule has 0 spiro atoms. The van der Waals surface area contributed by atoms with Crippen molar-refractivity contribution in [1.82, 2.24) is 0 Å². The Kier molecular flexibility index (Phi) is 1.80. The van der Waals surface area contributed by atoms with Gasteiger partial charge < -0.3 is 0 Å². The van der Waals surface area contributed by atoms with Crippen molar-refractivity contribution in [3.05, 3.63) is 0 Å². The zero-order valence-corrected chi connectivity index (χ0v) is 10.1. The number of carbonyl (C=O) groups is 3. The Bertz CT molecular complexity index is 265. The molecule has 0 atom stereocenters. The Hall–Kier alpha value is -0.707. The van der Waals surface area contributed by atoms with Gasteiger partial charge in [-0.2, -0.15) is 0 Å². The van der Waals surface area contributed by atoms with Gasteiger partial charge in [0.05, 0.1) is 0 Å². The third kappa shape index (κ3) is 0.935. The quantitative estimate of drug-likeness (QED) is 0.429. The Morgan fingerprint density at radius 3 is 1.69 bits per heavy atom. The minimum absolute atomic E-state index is 0.0150. The molecule has 70 valence electrons. The van der Waals surface area contributed by atoms with Gasteiger partial charge in [0.1, 0.15) is 0 Å². The van der Waals surface area contributed by atoms with E-state index in [1.165, 1.54) is 6.92 Å². The molecule has 3 aliphatic rings. The van der Waals surface area contributed by atoms with Gasteiger partial charge >= 0.3 is 82.6 Å². The summed E-state index contributed by atoms with van der Waals surface area (Å²) in [6.07, 6.45) is 0.0150. The van der Waals surface area contributed by atoms with Crippen LogP contribution in [0.25, 0.3) is 0 Å². The van der Waals surface area contributed by atoms with Crippen LogP contribution in [0.2, 0.25) is 0 Å². The van der Waals surface area contributed by atoms with Crippen molar-refractivity contribution in [1.29, 1.82) is 0 Å². The van der Waals surface area contributed by atoms with E-state index >= 15 is 0 Å². The molecular formula is C6H5BiO6. The van der Waals surface area contributed by atoms with Crippen LogP contribution in [0.3, 0.4) is 0 Å². The van der Waals surface area contributed by atoms with Crippen LogP contribution in [0.1, 0.15) is 13.3 Å².